The van der Waals surface area contributed by atoms with Gasteiger partial charge in [-0.25, -0.2) is 8.78 Å². The van der Waals surface area contributed by atoms with E-state index < -0.39 is 11.6 Å². The number of hydrogen-bond donors (Lipinski definition) is 1. The molecule has 0 radical (unpaired) electrons. The summed E-state index contributed by atoms with van der Waals surface area (Å²) in [6.45, 7) is 1.91. The van der Waals surface area contributed by atoms with Gasteiger partial charge in [-0.1, -0.05) is 0 Å². The van der Waals surface area contributed by atoms with E-state index in [0.29, 0.717) is 17.0 Å². The van der Waals surface area contributed by atoms with Gasteiger partial charge in [0, 0.05) is 17.3 Å². The largest absolute Gasteiger partial charge is 0.489 e. The highest BCUT2D eigenvalue weighted by Crippen LogP contribution is 2.22. The van der Waals surface area contributed by atoms with E-state index >= 15 is 0 Å². The van der Waals surface area contributed by atoms with Gasteiger partial charge in [-0.2, -0.15) is 0 Å². The van der Waals surface area contributed by atoms with Gasteiger partial charge in [0.2, 0.25) is 0 Å². The van der Waals surface area contributed by atoms with Crippen LogP contribution in [0.3, 0.4) is 0 Å². The molecule has 2 nitrogen and oxygen atoms in total. The van der Waals surface area contributed by atoms with Gasteiger partial charge in [0.25, 0.3) is 0 Å². The fourth-order valence-electron chi connectivity index (χ4n) is 1.63. The second-order valence-corrected chi connectivity index (χ2v) is 4.05. The Morgan fingerprint density at radius 1 is 1.11 bits per heavy atom. The Balaban J connectivity index is 2.11. The molecule has 0 unspecified atom stereocenters. The van der Waals surface area contributed by atoms with Crippen LogP contribution in [-0.4, -0.2) is 0 Å². The van der Waals surface area contributed by atoms with Gasteiger partial charge >= 0.3 is 0 Å². The Labute approximate surface area is 104 Å². The average Bonchev–Trinajstić information content (AvgIpc) is 2.30. The topological polar surface area (TPSA) is 35.2 Å². The number of benzene rings is 2. The lowest BCUT2D eigenvalue weighted by atomic mass is 10.2. The molecule has 2 aromatic carbocycles. The predicted octanol–water partition coefficient (Wildman–Crippen LogP) is 3.43. The lowest BCUT2D eigenvalue weighted by Gasteiger charge is -2.10. The standard InChI is InChI=1S/C14H13F2NO/c1-9-6-12(17)4-5-14(9)18-8-10-2-3-11(15)7-13(10)16/h2-7H,8,17H2,1H3. The highest BCUT2D eigenvalue weighted by atomic mass is 19.1. The summed E-state index contributed by atoms with van der Waals surface area (Å²) >= 11 is 0. The summed E-state index contributed by atoms with van der Waals surface area (Å²) in [6, 6.07) is 8.63. The molecule has 0 atom stereocenters. The van der Waals surface area contributed by atoms with Crippen molar-refractivity contribution >= 4 is 5.69 Å². The zero-order chi connectivity index (χ0) is 13.1. The molecule has 0 bridgehead atoms. The van der Waals surface area contributed by atoms with Gasteiger partial charge in [-0.3, -0.25) is 0 Å². The molecule has 0 aromatic heterocycles. The average molecular weight is 249 g/mol. The second-order valence-electron chi connectivity index (χ2n) is 4.05. The quantitative estimate of drug-likeness (QED) is 0.846. The molecule has 2 aromatic rings. The van der Waals surface area contributed by atoms with Crippen molar-refractivity contribution in [2.45, 2.75) is 13.5 Å². The molecular weight excluding hydrogens is 236 g/mol. The van der Waals surface area contributed by atoms with Crippen molar-refractivity contribution in [1.82, 2.24) is 0 Å². The van der Waals surface area contributed by atoms with E-state index in [1.54, 1.807) is 18.2 Å². The van der Waals surface area contributed by atoms with Crippen molar-refractivity contribution in [3.8, 4) is 5.75 Å². The first-order valence-corrected chi connectivity index (χ1v) is 5.49. The third kappa shape index (κ3) is 2.77. The van der Waals surface area contributed by atoms with Gasteiger partial charge in [0.15, 0.2) is 0 Å². The first-order chi connectivity index (χ1) is 8.56. The maximum Gasteiger partial charge on any atom is 0.132 e. The Hall–Kier alpha value is -2.10. The Bertz CT molecular complexity index is 518. The van der Waals surface area contributed by atoms with Gasteiger partial charge < -0.3 is 10.5 Å². The molecule has 0 aliphatic carbocycles. The van der Waals surface area contributed by atoms with Crippen molar-refractivity contribution in [1.29, 1.82) is 0 Å². The van der Waals surface area contributed by atoms with Crippen LogP contribution in [-0.2, 0) is 6.61 Å². The minimum Gasteiger partial charge on any atom is -0.489 e. The van der Waals surface area contributed by atoms with Crippen LogP contribution >= 0.6 is 0 Å². The maximum atomic E-state index is 13.4. The molecule has 0 saturated carbocycles. The van der Waals surface area contributed by atoms with Crippen LogP contribution in [0.15, 0.2) is 36.4 Å². The van der Waals surface area contributed by atoms with Crippen LogP contribution in [0.1, 0.15) is 11.1 Å². The van der Waals surface area contributed by atoms with Gasteiger partial charge in [0.1, 0.15) is 24.0 Å². The molecule has 0 heterocycles. The fraction of sp³-hybridized carbons (Fsp3) is 0.143. The number of anilines is 1. The van der Waals surface area contributed by atoms with E-state index in [0.717, 1.165) is 11.6 Å². The molecule has 0 aliphatic rings. The fourth-order valence-corrected chi connectivity index (χ4v) is 1.63. The van der Waals surface area contributed by atoms with E-state index in [9.17, 15) is 8.78 Å². The summed E-state index contributed by atoms with van der Waals surface area (Å²) in [4.78, 5) is 0. The Morgan fingerprint density at radius 2 is 1.89 bits per heavy atom. The number of nitrogen functional groups attached to an aromatic ring is 1. The molecule has 0 amide bonds. The van der Waals surface area contributed by atoms with Gasteiger partial charge in [0.05, 0.1) is 0 Å². The normalized spacial score (nSPS) is 10.4. The van der Waals surface area contributed by atoms with E-state index in [1.807, 2.05) is 6.92 Å². The van der Waals surface area contributed by atoms with E-state index in [-0.39, 0.29) is 6.61 Å². The smallest absolute Gasteiger partial charge is 0.132 e. The monoisotopic (exact) mass is 249 g/mol. The number of hydrogen-bond acceptors (Lipinski definition) is 2. The van der Waals surface area contributed by atoms with Crippen LogP contribution in [0.5, 0.6) is 5.75 Å². The number of nitrogens with two attached hydrogens (primary N) is 1. The first kappa shape index (κ1) is 12.4. The van der Waals surface area contributed by atoms with Crippen LogP contribution in [0.25, 0.3) is 0 Å². The molecular formula is C14H13F2NO. The van der Waals surface area contributed by atoms with Crippen LogP contribution < -0.4 is 10.5 Å². The molecule has 94 valence electrons. The van der Waals surface area contributed by atoms with Gasteiger partial charge in [-0.05, 0) is 42.8 Å². The molecule has 0 aliphatic heterocycles. The lowest BCUT2D eigenvalue weighted by molar-refractivity contribution is 0.297. The molecule has 2 N–H and O–H groups in total. The zero-order valence-electron chi connectivity index (χ0n) is 9.91. The van der Waals surface area contributed by atoms with Crippen molar-refractivity contribution in [2.24, 2.45) is 0 Å². The minimum atomic E-state index is -0.608. The summed E-state index contributed by atoms with van der Waals surface area (Å²) in [5, 5.41) is 0. The molecule has 0 saturated heterocycles. The second kappa shape index (κ2) is 5.04. The zero-order valence-corrected chi connectivity index (χ0v) is 9.91. The highest BCUT2D eigenvalue weighted by Gasteiger charge is 2.06. The molecule has 4 heteroatoms. The lowest BCUT2D eigenvalue weighted by Crippen LogP contribution is -2.00. The maximum absolute atomic E-state index is 13.4. The van der Waals surface area contributed by atoms with Crippen molar-refractivity contribution < 1.29 is 13.5 Å². The highest BCUT2D eigenvalue weighted by molar-refractivity contribution is 5.47. The van der Waals surface area contributed by atoms with Crippen molar-refractivity contribution in [3.63, 3.8) is 0 Å². The number of ether oxygens (including phenoxy) is 1. The first-order valence-electron chi connectivity index (χ1n) is 5.49. The van der Waals surface area contributed by atoms with Crippen LogP contribution in [0, 0.1) is 18.6 Å². The minimum absolute atomic E-state index is 0.0525. The van der Waals surface area contributed by atoms with Gasteiger partial charge in [-0.15, -0.1) is 0 Å². The molecule has 18 heavy (non-hydrogen) atoms. The summed E-state index contributed by atoms with van der Waals surface area (Å²) in [7, 11) is 0. The third-order valence-corrected chi connectivity index (χ3v) is 2.60. The Morgan fingerprint density at radius 3 is 2.56 bits per heavy atom. The summed E-state index contributed by atoms with van der Waals surface area (Å²) in [6.07, 6.45) is 0. The third-order valence-electron chi connectivity index (χ3n) is 2.60. The van der Waals surface area contributed by atoms with Crippen LogP contribution in [0.2, 0.25) is 0 Å². The summed E-state index contributed by atoms with van der Waals surface area (Å²) in [5.41, 5.74) is 7.45. The molecule has 2 rings (SSSR count). The van der Waals surface area contributed by atoms with Crippen LogP contribution in [0.4, 0.5) is 14.5 Å². The van der Waals surface area contributed by atoms with Crippen molar-refractivity contribution in [2.75, 3.05) is 5.73 Å². The summed E-state index contributed by atoms with van der Waals surface area (Å²) in [5.74, 6) is -0.573. The molecule has 0 spiro atoms. The van der Waals surface area contributed by atoms with E-state index in [1.165, 1.54) is 12.1 Å². The van der Waals surface area contributed by atoms with Crippen molar-refractivity contribution in [3.05, 3.63) is 59.2 Å². The number of halogens is 2. The Kier molecular flexibility index (Phi) is 3.46. The SMILES string of the molecule is Cc1cc(N)ccc1OCc1ccc(F)cc1F. The number of rotatable bonds is 3. The predicted molar refractivity (Wildman–Crippen MR) is 66.3 cm³/mol. The number of aryl methyl sites for hydroxylation is 1. The molecule has 0 fully saturated rings. The summed E-state index contributed by atoms with van der Waals surface area (Å²) < 4.78 is 31.6. The van der Waals surface area contributed by atoms with E-state index in [4.69, 9.17) is 10.5 Å². The van der Waals surface area contributed by atoms with E-state index in [2.05, 4.69) is 0 Å².